The summed E-state index contributed by atoms with van der Waals surface area (Å²) in [7, 11) is 0. The predicted molar refractivity (Wildman–Crippen MR) is 97.2 cm³/mol. The molecule has 0 bridgehead atoms. The first-order valence-corrected chi connectivity index (χ1v) is 8.60. The van der Waals surface area contributed by atoms with Crippen LogP contribution in [0.5, 0.6) is 0 Å². The topological polar surface area (TPSA) is 127 Å². The molecule has 9 heteroatoms. The summed E-state index contributed by atoms with van der Waals surface area (Å²) in [5.41, 5.74) is 0.349. The van der Waals surface area contributed by atoms with Gasteiger partial charge >= 0.3 is 0 Å². The van der Waals surface area contributed by atoms with Crippen LogP contribution in [-0.4, -0.2) is 28.8 Å². The van der Waals surface area contributed by atoms with Gasteiger partial charge in [-0.15, -0.1) is 0 Å². The Hall–Kier alpha value is -3.36. The van der Waals surface area contributed by atoms with E-state index in [2.05, 4.69) is 16.0 Å². The van der Waals surface area contributed by atoms with Crippen molar-refractivity contribution < 1.29 is 18.9 Å². The quantitative estimate of drug-likeness (QED) is 0.482. The van der Waals surface area contributed by atoms with E-state index in [1.165, 1.54) is 31.4 Å². The van der Waals surface area contributed by atoms with Crippen LogP contribution in [0.25, 0.3) is 0 Å². The second-order valence-corrected chi connectivity index (χ2v) is 6.40. The van der Waals surface area contributed by atoms with Crippen molar-refractivity contribution in [2.45, 2.75) is 38.4 Å². The number of furan rings is 1. The third-order valence-electron chi connectivity index (χ3n) is 4.15. The van der Waals surface area contributed by atoms with Gasteiger partial charge in [0.2, 0.25) is 5.91 Å². The van der Waals surface area contributed by atoms with E-state index in [0.29, 0.717) is 11.4 Å². The predicted octanol–water partition coefficient (Wildman–Crippen LogP) is 2.20. The zero-order chi connectivity index (χ0) is 19.4. The molecule has 1 unspecified atom stereocenters. The SMILES string of the molecule is CC(NC(=O)c1ccc(NC2CC2)c([N+](=O)[O-])c1)C(=O)NCc1ccco1. The van der Waals surface area contributed by atoms with Gasteiger partial charge in [-0.1, -0.05) is 0 Å². The van der Waals surface area contributed by atoms with Crippen molar-refractivity contribution in [2.24, 2.45) is 0 Å². The monoisotopic (exact) mass is 372 g/mol. The smallest absolute Gasteiger partial charge is 0.293 e. The molecule has 3 N–H and O–H groups in total. The van der Waals surface area contributed by atoms with E-state index in [1.807, 2.05) is 0 Å². The number of carbonyl (C=O) groups is 2. The van der Waals surface area contributed by atoms with E-state index >= 15 is 0 Å². The van der Waals surface area contributed by atoms with Gasteiger partial charge < -0.3 is 20.4 Å². The molecule has 0 saturated heterocycles. The molecule has 1 heterocycles. The standard InChI is InChI=1S/C18H20N4O5/c1-11(17(23)19-10-14-3-2-8-27-14)20-18(24)12-4-7-15(21-13-5-6-13)16(9-12)22(25)26/h2-4,7-9,11,13,21H,5-6,10H2,1H3,(H,19,23)(H,20,24). The van der Waals surface area contributed by atoms with Crippen molar-refractivity contribution >= 4 is 23.2 Å². The lowest BCUT2D eigenvalue weighted by Gasteiger charge is -2.14. The number of nitrogens with zero attached hydrogens (tertiary/aromatic N) is 1. The Kier molecular flexibility index (Phi) is 5.39. The van der Waals surface area contributed by atoms with Crippen LogP contribution in [0.2, 0.25) is 0 Å². The van der Waals surface area contributed by atoms with Crippen LogP contribution >= 0.6 is 0 Å². The number of amides is 2. The van der Waals surface area contributed by atoms with Gasteiger partial charge in [-0.3, -0.25) is 19.7 Å². The van der Waals surface area contributed by atoms with Crippen LogP contribution in [0.15, 0.2) is 41.0 Å². The molecule has 2 aromatic rings. The summed E-state index contributed by atoms with van der Waals surface area (Å²) >= 11 is 0. The Morgan fingerprint density at radius 1 is 1.33 bits per heavy atom. The molecule has 0 aliphatic heterocycles. The lowest BCUT2D eigenvalue weighted by molar-refractivity contribution is -0.384. The zero-order valence-corrected chi connectivity index (χ0v) is 14.7. The van der Waals surface area contributed by atoms with Crippen LogP contribution in [0.3, 0.4) is 0 Å². The number of anilines is 1. The summed E-state index contributed by atoms with van der Waals surface area (Å²) < 4.78 is 5.12. The van der Waals surface area contributed by atoms with Crippen LogP contribution < -0.4 is 16.0 Å². The number of benzene rings is 1. The minimum absolute atomic E-state index is 0.119. The Morgan fingerprint density at radius 2 is 2.11 bits per heavy atom. The molecule has 1 fully saturated rings. The first-order chi connectivity index (χ1) is 12.9. The van der Waals surface area contributed by atoms with Gasteiger partial charge in [-0.05, 0) is 44.0 Å². The van der Waals surface area contributed by atoms with E-state index < -0.39 is 16.9 Å². The first kappa shape index (κ1) is 18.4. The molecule has 9 nitrogen and oxygen atoms in total. The molecule has 2 amide bonds. The second-order valence-electron chi connectivity index (χ2n) is 6.40. The maximum atomic E-state index is 12.4. The number of rotatable bonds is 8. The highest BCUT2D eigenvalue weighted by atomic mass is 16.6. The Morgan fingerprint density at radius 3 is 2.74 bits per heavy atom. The van der Waals surface area contributed by atoms with Gasteiger partial charge in [0.25, 0.3) is 11.6 Å². The van der Waals surface area contributed by atoms with Gasteiger partial charge in [-0.25, -0.2) is 0 Å². The fraction of sp³-hybridized carbons (Fsp3) is 0.333. The largest absolute Gasteiger partial charge is 0.467 e. The minimum atomic E-state index is -0.809. The molecular weight excluding hydrogens is 352 g/mol. The summed E-state index contributed by atoms with van der Waals surface area (Å²) in [5.74, 6) is -0.353. The lowest BCUT2D eigenvalue weighted by atomic mass is 10.1. The molecule has 0 spiro atoms. The van der Waals surface area contributed by atoms with E-state index in [0.717, 1.165) is 12.8 Å². The van der Waals surface area contributed by atoms with E-state index in [9.17, 15) is 19.7 Å². The molecule has 1 aliphatic rings. The highest BCUT2D eigenvalue weighted by Gasteiger charge is 2.26. The van der Waals surface area contributed by atoms with Gasteiger partial charge in [0.1, 0.15) is 17.5 Å². The fourth-order valence-corrected chi connectivity index (χ4v) is 2.48. The normalized spacial score (nSPS) is 14.3. The number of nitrogens with one attached hydrogen (secondary N) is 3. The summed E-state index contributed by atoms with van der Waals surface area (Å²) in [6.45, 7) is 1.74. The molecule has 27 heavy (non-hydrogen) atoms. The summed E-state index contributed by atoms with van der Waals surface area (Å²) in [6.07, 6.45) is 3.45. The Labute approximate surface area is 155 Å². The number of hydrogen-bond donors (Lipinski definition) is 3. The van der Waals surface area contributed by atoms with Crippen molar-refractivity contribution in [2.75, 3.05) is 5.32 Å². The van der Waals surface area contributed by atoms with Crippen molar-refractivity contribution in [1.82, 2.24) is 10.6 Å². The molecule has 1 aromatic heterocycles. The first-order valence-electron chi connectivity index (χ1n) is 8.60. The van der Waals surface area contributed by atoms with Crippen LogP contribution in [0, 0.1) is 10.1 Å². The van der Waals surface area contributed by atoms with Crippen molar-refractivity contribution in [3.63, 3.8) is 0 Å². The molecule has 1 aliphatic carbocycles. The molecule has 3 rings (SSSR count). The highest BCUT2D eigenvalue weighted by molar-refractivity contribution is 5.98. The number of hydrogen-bond acceptors (Lipinski definition) is 6. The summed E-state index contributed by atoms with van der Waals surface area (Å²) in [6, 6.07) is 7.11. The third kappa shape index (κ3) is 4.84. The molecule has 0 radical (unpaired) electrons. The Bertz CT molecular complexity index is 845. The van der Waals surface area contributed by atoms with Crippen LogP contribution in [-0.2, 0) is 11.3 Å². The van der Waals surface area contributed by atoms with E-state index in [4.69, 9.17) is 4.42 Å². The number of nitro benzene ring substituents is 1. The van der Waals surface area contributed by atoms with Crippen LogP contribution in [0.1, 0.15) is 35.9 Å². The van der Waals surface area contributed by atoms with E-state index in [-0.39, 0.29) is 29.7 Å². The second kappa shape index (κ2) is 7.90. The van der Waals surface area contributed by atoms with Gasteiger partial charge in [0.15, 0.2) is 0 Å². The van der Waals surface area contributed by atoms with E-state index in [1.54, 1.807) is 12.1 Å². The number of carbonyl (C=O) groups excluding carboxylic acids is 2. The molecule has 1 aromatic carbocycles. The average Bonchev–Trinajstić information content (AvgIpc) is 3.30. The zero-order valence-electron chi connectivity index (χ0n) is 14.7. The van der Waals surface area contributed by atoms with Crippen molar-refractivity contribution in [3.8, 4) is 0 Å². The Balaban J connectivity index is 1.61. The summed E-state index contributed by atoms with van der Waals surface area (Å²) in [5, 5.41) is 19.5. The maximum Gasteiger partial charge on any atom is 0.293 e. The van der Waals surface area contributed by atoms with Crippen molar-refractivity contribution in [1.29, 1.82) is 0 Å². The molecule has 142 valence electrons. The molecule has 1 saturated carbocycles. The number of nitro groups is 1. The minimum Gasteiger partial charge on any atom is -0.467 e. The highest BCUT2D eigenvalue weighted by Crippen LogP contribution is 2.31. The molecule has 1 atom stereocenters. The van der Waals surface area contributed by atoms with Crippen LogP contribution in [0.4, 0.5) is 11.4 Å². The summed E-state index contributed by atoms with van der Waals surface area (Å²) in [4.78, 5) is 35.2. The fourth-order valence-electron chi connectivity index (χ4n) is 2.48. The lowest BCUT2D eigenvalue weighted by Crippen LogP contribution is -2.44. The maximum absolute atomic E-state index is 12.4. The van der Waals surface area contributed by atoms with Gasteiger partial charge in [0, 0.05) is 17.7 Å². The van der Waals surface area contributed by atoms with Crippen molar-refractivity contribution in [3.05, 3.63) is 58.0 Å². The average molecular weight is 372 g/mol. The van der Waals surface area contributed by atoms with Gasteiger partial charge in [-0.2, -0.15) is 0 Å². The third-order valence-corrected chi connectivity index (χ3v) is 4.15. The molecular formula is C18H20N4O5. The van der Waals surface area contributed by atoms with Gasteiger partial charge in [0.05, 0.1) is 17.7 Å².